The minimum atomic E-state index is -3.57. The Labute approximate surface area is 159 Å². The lowest BCUT2D eigenvalue weighted by Crippen LogP contribution is -2.48. The summed E-state index contributed by atoms with van der Waals surface area (Å²) in [6.45, 7) is 4.81. The zero-order valence-electron chi connectivity index (χ0n) is 15.6. The van der Waals surface area contributed by atoms with Crippen LogP contribution in [0, 0.1) is 0 Å². The monoisotopic (exact) mass is 391 g/mol. The van der Waals surface area contributed by atoms with Crippen LogP contribution in [0.5, 0.6) is 0 Å². The first-order chi connectivity index (χ1) is 12.9. The van der Waals surface area contributed by atoms with E-state index >= 15 is 0 Å². The summed E-state index contributed by atoms with van der Waals surface area (Å²) < 4.78 is 33.2. The van der Waals surface area contributed by atoms with Crippen molar-refractivity contribution in [2.45, 2.75) is 44.4 Å². The van der Waals surface area contributed by atoms with Crippen molar-refractivity contribution in [2.75, 3.05) is 13.1 Å². The molecule has 27 heavy (non-hydrogen) atoms. The highest BCUT2D eigenvalue weighted by Gasteiger charge is 2.33. The minimum absolute atomic E-state index is 0.0607. The van der Waals surface area contributed by atoms with Crippen LogP contribution >= 0.6 is 0 Å². The Morgan fingerprint density at radius 1 is 1.33 bits per heavy atom. The third kappa shape index (κ3) is 4.75. The Bertz CT molecular complexity index is 877. The topological polar surface area (TPSA) is 92.5 Å². The number of benzene rings is 1. The predicted molar refractivity (Wildman–Crippen MR) is 102 cm³/mol. The van der Waals surface area contributed by atoms with Gasteiger partial charge >= 0.3 is 0 Å². The fraction of sp³-hybridized carbons (Fsp3) is 0.474. The SMILES string of the molecule is CC(C)c1cc(CNS(=O)(=O)[C@@H]2CCCN(C(=O)c3ccccc3)C2)on1. The van der Waals surface area contributed by atoms with E-state index in [1.54, 1.807) is 35.2 Å². The van der Waals surface area contributed by atoms with E-state index in [9.17, 15) is 13.2 Å². The Hall–Kier alpha value is -2.19. The summed E-state index contributed by atoms with van der Waals surface area (Å²) in [5.74, 6) is 0.567. The normalized spacial score (nSPS) is 18.0. The smallest absolute Gasteiger partial charge is 0.253 e. The maximum Gasteiger partial charge on any atom is 0.253 e. The number of carbonyl (C=O) groups excluding carboxylic acids is 1. The summed E-state index contributed by atoms with van der Waals surface area (Å²) in [6, 6.07) is 10.7. The second kappa shape index (κ2) is 8.22. The molecule has 1 aliphatic heterocycles. The molecule has 1 aromatic heterocycles. The lowest BCUT2D eigenvalue weighted by Gasteiger charge is -2.32. The van der Waals surface area contributed by atoms with E-state index in [0.29, 0.717) is 30.7 Å². The van der Waals surface area contributed by atoms with E-state index in [1.807, 2.05) is 19.9 Å². The standard InChI is InChI=1S/C19H25N3O4S/c1-14(2)18-11-16(26-21-18)12-20-27(24,25)17-9-6-10-22(13-17)19(23)15-7-4-3-5-8-15/h3-5,7-8,11,14,17,20H,6,9-10,12-13H2,1-2H3/t17-/m1/s1. The molecule has 1 saturated heterocycles. The van der Waals surface area contributed by atoms with Gasteiger partial charge in [-0.1, -0.05) is 37.2 Å². The van der Waals surface area contributed by atoms with E-state index < -0.39 is 15.3 Å². The van der Waals surface area contributed by atoms with Gasteiger partial charge in [0.1, 0.15) is 0 Å². The molecule has 0 radical (unpaired) electrons. The third-order valence-electron chi connectivity index (χ3n) is 4.74. The highest BCUT2D eigenvalue weighted by atomic mass is 32.2. The molecule has 1 atom stereocenters. The van der Waals surface area contributed by atoms with Crippen LogP contribution in [0.1, 0.15) is 54.4 Å². The molecule has 1 N–H and O–H groups in total. The molecule has 1 aliphatic rings. The van der Waals surface area contributed by atoms with Gasteiger partial charge in [0.25, 0.3) is 5.91 Å². The molecule has 3 rings (SSSR count). The molecular weight excluding hydrogens is 366 g/mol. The molecule has 1 aromatic carbocycles. The summed E-state index contributed by atoms with van der Waals surface area (Å²) in [5, 5.41) is 3.30. The predicted octanol–water partition coefficient (Wildman–Crippen LogP) is 2.52. The van der Waals surface area contributed by atoms with Gasteiger partial charge < -0.3 is 9.42 Å². The van der Waals surface area contributed by atoms with E-state index in [1.165, 1.54) is 0 Å². The van der Waals surface area contributed by atoms with Gasteiger partial charge in [-0.15, -0.1) is 0 Å². The molecule has 0 spiro atoms. The average Bonchev–Trinajstić information content (AvgIpc) is 3.16. The number of hydrogen-bond acceptors (Lipinski definition) is 5. The van der Waals surface area contributed by atoms with Gasteiger partial charge in [-0.25, -0.2) is 13.1 Å². The summed E-state index contributed by atoms with van der Waals surface area (Å²) >= 11 is 0. The molecule has 0 bridgehead atoms. The Morgan fingerprint density at radius 2 is 2.07 bits per heavy atom. The number of sulfonamides is 1. The number of rotatable bonds is 6. The summed E-state index contributed by atoms with van der Waals surface area (Å²) in [7, 11) is -3.57. The maximum atomic E-state index is 12.7. The largest absolute Gasteiger partial charge is 0.360 e. The summed E-state index contributed by atoms with van der Waals surface area (Å²) in [5.41, 5.74) is 1.37. The van der Waals surface area contributed by atoms with Gasteiger partial charge in [-0.2, -0.15) is 0 Å². The molecule has 8 heteroatoms. The third-order valence-corrected chi connectivity index (χ3v) is 6.55. The van der Waals surface area contributed by atoms with Crippen LogP contribution in [-0.2, 0) is 16.6 Å². The quantitative estimate of drug-likeness (QED) is 0.817. The number of nitrogens with zero attached hydrogens (tertiary/aromatic N) is 2. The van der Waals surface area contributed by atoms with E-state index in [4.69, 9.17) is 4.52 Å². The Morgan fingerprint density at radius 3 is 2.74 bits per heavy atom. The van der Waals surface area contributed by atoms with Gasteiger partial charge in [0, 0.05) is 24.7 Å². The number of piperidine rings is 1. The zero-order valence-corrected chi connectivity index (χ0v) is 16.4. The van der Waals surface area contributed by atoms with Crippen molar-refractivity contribution >= 4 is 15.9 Å². The number of carbonyl (C=O) groups is 1. The molecule has 1 fully saturated rings. The van der Waals surface area contributed by atoms with Crippen LogP contribution in [-0.4, -0.2) is 42.7 Å². The number of hydrogen-bond donors (Lipinski definition) is 1. The van der Waals surface area contributed by atoms with Gasteiger partial charge in [0.15, 0.2) is 5.76 Å². The summed E-state index contributed by atoms with van der Waals surface area (Å²) in [4.78, 5) is 14.2. The first-order valence-electron chi connectivity index (χ1n) is 9.15. The number of likely N-dealkylation sites (tertiary alicyclic amines) is 1. The molecule has 0 aliphatic carbocycles. The highest BCUT2D eigenvalue weighted by molar-refractivity contribution is 7.90. The number of amides is 1. The average molecular weight is 391 g/mol. The molecule has 0 saturated carbocycles. The Balaban J connectivity index is 1.62. The van der Waals surface area contributed by atoms with E-state index in [-0.39, 0.29) is 24.9 Å². The van der Waals surface area contributed by atoms with Gasteiger partial charge in [0.05, 0.1) is 17.5 Å². The molecular formula is C19H25N3O4S. The molecule has 1 amide bonds. The Kier molecular flexibility index (Phi) is 5.96. The molecule has 146 valence electrons. The van der Waals surface area contributed by atoms with Crippen molar-refractivity contribution in [1.29, 1.82) is 0 Å². The maximum absolute atomic E-state index is 12.7. The zero-order chi connectivity index (χ0) is 19.4. The van der Waals surface area contributed by atoms with Crippen molar-refractivity contribution < 1.29 is 17.7 Å². The first kappa shape index (κ1) is 19.6. The highest BCUT2D eigenvalue weighted by Crippen LogP contribution is 2.20. The molecule has 2 heterocycles. The van der Waals surface area contributed by atoms with E-state index in [0.717, 1.165) is 5.69 Å². The van der Waals surface area contributed by atoms with Crippen molar-refractivity contribution in [3.05, 3.63) is 53.4 Å². The number of nitrogens with one attached hydrogen (secondary N) is 1. The minimum Gasteiger partial charge on any atom is -0.360 e. The van der Waals surface area contributed by atoms with Crippen molar-refractivity contribution in [3.63, 3.8) is 0 Å². The second-order valence-electron chi connectivity index (χ2n) is 7.12. The van der Waals surface area contributed by atoms with Gasteiger partial charge in [-0.05, 0) is 30.9 Å². The van der Waals surface area contributed by atoms with Crippen molar-refractivity contribution in [2.24, 2.45) is 0 Å². The van der Waals surface area contributed by atoms with Gasteiger partial charge in [0.2, 0.25) is 10.0 Å². The molecule has 0 unspecified atom stereocenters. The summed E-state index contributed by atoms with van der Waals surface area (Å²) in [6.07, 6.45) is 1.19. The van der Waals surface area contributed by atoms with Gasteiger partial charge in [-0.3, -0.25) is 4.79 Å². The lowest BCUT2D eigenvalue weighted by atomic mass is 10.1. The van der Waals surface area contributed by atoms with Crippen LogP contribution in [0.3, 0.4) is 0 Å². The number of aromatic nitrogens is 1. The van der Waals surface area contributed by atoms with Crippen LogP contribution in [0.2, 0.25) is 0 Å². The fourth-order valence-electron chi connectivity index (χ4n) is 3.11. The van der Waals surface area contributed by atoms with Crippen LogP contribution in [0.4, 0.5) is 0 Å². The second-order valence-corrected chi connectivity index (χ2v) is 9.17. The van der Waals surface area contributed by atoms with Crippen LogP contribution < -0.4 is 4.72 Å². The molecule has 7 nitrogen and oxygen atoms in total. The fourth-order valence-corrected chi connectivity index (χ4v) is 4.55. The van der Waals surface area contributed by atoms with Crippen LogP contribution in [0.15, 0.2) is 40.9 Å². The van der Waals surface area contributed by atoms with E-state index in [2.05, 4.69) is 9.88 Å². The first-order valence-corrected chi connectivity index (χ1v) is 10.7. The lowest BCUT2D eigenvalue weighted by molar-refractivity contribution is 0.0726. The molecule has 2 aromatic rings. The van der Waals surface area contributed by atoms with Crippen molar-refractivity contribution in [1.82, 2.24) is 14.8 Å². The van der Waals surface area contributed by atoms with Crippen LogP contribution in [0.25, 0.3) is 0 Å². The van der Waals surface area contributed by atoms with Crippen molar-refractivity contribution in [3.8, 4) is 0 Å².